The average Bonchev–Trinajstić information content (AvgIpc) is 2.08. The van der Waals surface area contributed by atoms with Gasteiger partial charge in [0.1, 0.15) is 12.1 Å². The van der Waals surface area contributed by atoms with Gasteiger partial charge in [0.05, 0.1) is 0 Å². The van der Waals surface area contributed by atoms with E-state index in [9.17, 15) is 9.59 Å². The van der Waals surface area contributed by atoms with Crippen LogP contribution in [0.25, 0.3) is 0 Å². The van der Waals surface area contributed by atoms with E-state index in [1.165, 1.54) is 0 Å². The molecule has 1 rings (SSSR count). The van der Waals surface area contributed by atoms with Crippen molar-refractivity contribution in [2.24, 2.45) is 0 Å². The smallest absolute Gasteiger partial charge is 0.243 e. The summed E-state index contributed by atoms with van der Waals surface area (Å²) in [5.41, 5.74) is 0. The molecule has 0 saturated carbocycles. The number of carbonyl (C=O) groups excluding carboxylic acids is 2. The monoisotopic (exact) mass is 170 g/mol. The third kappa shape index (κ3) is 1.57. The Labute approximate surface area is 71.7 Å². The van der Waals surface area contributed by atoms with Crippen molar-refractivity contribution >= 4 is 11.8 Å². The zero-order valence-corrected chi connectivity index (χ0v) is 7.39. The molecule has 2 N–H and O–H groups in total. The lowest BCUT2D eigenvalue weighted by molar-refractivity contribution is -0.136. The Morgan fingerprint density at radius 2 is 1.33 bits per heavy atom. The number of nitrogens with one attached hydrogen (secondary N) is 2. The number of rotatable bonds is 2. The molecule has 0 radical (unpaired) electrons. The molecular formula is C8H14N2O2. The van der Waals surface area contributed by atoms with Gasteiger partial charge in [-0.3, -0.25) is 9.59 Å². The number of piperazine rings is 1. The topological polar surface area (TPSA) is 58.2 Å². The first-order chi connectivity index (χ1) is 5.69. The van der Waals surface area contributed by atoms with Crippen LogP contribution in [-0.2, 0) is 9.59 Å². The lowest BCUT2D eigenvalue weighted by Gasteiger charge is -2.28. The second kappa shape index (κ2) is 3.56. The molecule has 0 aromatic heterocycles. The van der Waals surface area contributed by atoms with Crippen molar-refractivity contribution in [1.82, 2.24) is 10.6 Å². The Morgan fingerprint density at radius 1 is 1.00 bits per heavy atom. The molecule has 1 fully saturated rings. The van der Waals surface area contributed by atoms with Crippen LogP contribution in [-0.4, -0.2) is 23.9 Å². The lowest BCUT2D eigenvalue weighted by Crippen LogP contribution is -2.61. The average molecular weight is 170 g/mol. The van der Waals surface area contributed by atoms with Crippen LogP contribution >= 0.6 is 0 Å². The number of hydrogen-bond donors (Lipinski definition) is 2. The van der Waals surface area contributed by atoms with Gasteiger partial charge in [-0.2, -0.15) is 0 Å². The fourth-order valence-electron chi connectivity index (χ4n) is 1.25. The number of amides is 2. The maximum absolute atomic E-state index is 11.2. The van der Waals surface area contributed by atoms with Crippen LogP contribution in [0.1, 0.15) is 26.7 Å². The molecule has 0 aliphatic carbocycles. The van der Waals surface area contributed by atoms with Crippen molar-refractivity contribution in [2.75, 3.05) is 0 Å². The van der Waals surface area contributed by atoms with Crippen LogP contribution in [0.2, 0.25) is 0 Å². The fourth-order valence-corrected chi connectivity index (χ4v) is 1.25. The van der Waals surface area contributed by atoms with Crippen molar-refractivity contribution in [3.05, 3.63) is 0 Å². The summed E-state index contributed by atoms with van der Waals surface area (Å²) in [6, 6.07) is -0.666. The van der Waals surface area contributed by atoms with Gasteiger partial charge in [0.2, 0.25) is 11.8 Å². The highest BCUT2D eigenvalue weighted by molar-refractivity contribution is 5.96. The predicted octanol–water partition coefficient (Wildman–Crippen LogP) is -0.210. The second-order valence-electron chi connectivity index (χ2n) is 2.94. The normalized spacial score (nSPS) is 29.5. The quantitative estimate of drug-likeness (QED) is 0.602. The van der Waals surface area contributed by atoms with Gasteiger partial charge >= 0.3 is 0 Å². The summed E-state index contributed by atoms with van der Waals surface area (Å²) in [5, 5.41) is 5.33. The molecule has 2 amide bonds. The zero-order chi connectivity index (χ0) is 9.14. The van der Waals surface area contributed by atoms with Crippen LogP contribution in [0.3, 0.4) is 0 Å². The molecule has 1 aliphatic heterocycles. The Hall–Kier alpha value is -1.06. The molecule has 0 bridgehead atoms. The number of carbonyl (C=O) groups is 2. The SMILES string of the molecule is CCC1NC(=O)[C@H](CC)NC1=O. The van der Waals surface area contributed by atoms with Gasteiger partial charge in [0.25, 0.3) is 0 Å². The van der Waals surface area contributed by atoms with E-state index < -0.39 is 0 Å². The van der Waals surface area contributed by atoms with Gasteiger partial charge in [0, 0.05) is 0 Å². The minimum atomic E-state index is -0.333. The predicted molar refractivity (Wildman–Crippen MR) is 44.4 cm³/mol. The highest BCUT2D eigenvalue weighted by Gasteiger charge is 2.30. The Morgan fingerprint density at radius 3 is 1.58 bits per heavy atom. The largest absolute Gasteiger partial charge is 0.343 e. The van der Waals surface area contributed by atoms with Crippen LogP contribution < -0.4 is 10.6 Å². The molecule has 0 aromatic rings. The Kier molecular flexibility index (Phi) is 2.68. The van der Waals surface area contributed by atoms with Crippen LogP contribution in [0.4, 0.5) is 0 Å². The standard InChI is InChI=1S/C8H14N2O2/c1-3-5-7(11)10-6(4-2)8(12)9-5/h5-6H,3-4H2,1-2H3,(H,9,12)(H,10,11)/t5-,6?/m0/s1. The molecule has 0 aromatic carbocycles. The molecule has 1 heterocycles. The maximum atomic E-state index is 11.2. The first-order valence-electron chi connectivity index (χ1n) is 4.29. The minimum absolute atomic E-state index is 0.0658. The molecule has 1 unspecified atom stereocenters. The first-order valence-corrected chi connectivity index (χ1v) is 4.29. The van der Waals surface area contributed by atoms with Crippen molar-refractivity contribution in [3.63, 3.8) is 0 Å². The van der Waals surface area contributed by atoms with Gasteiger partial charge in [-0.05, 0) is 12.8 Å². The van der Waals surface area contributed by atoms with E-state index in [1.807, 2.05) is 13.8 Å². The molecule has 12 heavy (non-hydrogen) atoms. The van der Waals surface area contributed by atoms with E-state index in [2.05, 4.69) is 10.6 Å². The van der Waals surface area contributed by atoms with Gasteiger partial charge in [-0.25, -0.2) is 0 Å². The van der Waals surface area contributed by atoms with Gasteiger partial charge in [-0.15, -0.1) is 0 Å². The molecule has 1 aliphatic rings. The maximum Gasteiger partial charge on any atom is 0.243 e. The molecule has 0 spiro atoms. The summed E-state index contributed by atoms with van der Waals surface area (Å²) < 4.78 is 0. The summed E-state index contributed by atoms with van der Waals surface area (Å²) >= 11 is 0. The molecule has 2 atom stereocenters. The summed E-state index contributed by atoms with van der Waals surface area (Å²) in [6.07, 6.45) is 1.29. The van der Waals surface area contributed by atoms with Crippen molar-refractivity contribution in [3.8, 4) is 0 Å². The minimum Gasteiger partial charge on any atom is -0.343 e. The molecule has 4 heteroatoms. The van der Waals surface area contributed by atoms with Crippen molar-refractivity contribution < 1.29 is 9.59 Å². The molecule has 68 valence electrons. The highest BCUT2D eigenvalue weighted by atomic mass is 16.2. The second-order valence-corrected chi connectivity index (χ2v) is 2.94. The summed E-state index contributed by atoms with van der Waals surface area (Å²) in [6.45, 7) is 3.74. The van der Waals surface area contributed by atoms with Crippen molar-refractivity contribution in [1.29, 1.82) is 0 Å². The lowest BCUT2D eigenvalue weighted by atomic mass is 10.1. The number of hydrogen-bond acceptors (Lipinski definition) is 2. The first kappa shape index (κ1) is 9.03. The van der Waals surface area contributed by atoms with E-state index in [0.29, 0.717) is 12.8 Å². The van der Waals surface area contributed by atoms with E-state index in [1.54, 1.807) is 0 Å². The summed E-state index contributed by atoms with van der Waals surface area (Å²) in [7, 11) is 0. The van der Waals surface area contributed by atoms with Crippen molar-refractivity contribution in [2.45, 2.75) is 38.8 Å². The third-order valence-corrected chi connectivity index (χ3v) is 2.08. The van der Waals surface area contributed by atoms with Crippen LogP contribution in [0, 0.1) is 0 Å². The van der Waals surface area contributed by atoms with E-state index in [-0.39, 0.29) is 23.9 Å². The summed E-state index contributed by atoms with van der Waals surface area (Å²) in [4.78, 5) is 22.4. The van der Waals surface area contributed by atoms with Gasteiger partial charge in [0.15, 0.2) is 0 Å². The van der Waals surface area contributed by atoms with Crippen LogP contribution in [0.5, 0.6) is 0 Å². The Bertz CT molecular complexity index is 181. The van der Waals surface area contributed by atoms with Crippen LogP contribution in [0.15, 0.2) is 0 Å². The van der Waals surface area contributed by atoms with E-state index in [4.69, 9.17) is 0 Å². The Balaban J connectivity index is 2.61. The molecule has 1 saturated heterocycles. The molecular weight excluding hydrogens is 156 g/mol. The van der Waals surface area contributed by atoms with E-state index in [0.717, 1.165) is 0 Å². The van der Waals surface area contributed by atoms with Gasteiger partial charge < -0.3 is 10.6 Å². The highest BCUT2D eigenvalue weighted by Crippen LogP contribution is 2.02. The summed E-state index contributed by atoms with van der Waals surface area (Å²) in [5.74, 6) is -0.132. The zero-order valence-electron chi connectivity index (χ0n) is 7.39. The van der Waals surface area contributed by atoms with Gasteiger partial charge in [-0.1, -0.05) is 13.8 Å². The van der Waals surface area contributed by atoms with E-state index >= 15 is 0 Å². The fraction of sp³-hybridized carbons (Fsp3) is 0.750. The molecule has 4 nitrogen and oxygen atoms in total. The third-order valence-electron chi connectivity index (χ3n) is 2.08.